The Morgan fingerprint density at radius 1 is 1.11 bits per heavy atom. The molecule has 8 heteroatoms. The van der Waals surface area contributed by atoms with Gasteiger partial charge in [0, 0.05) is 11.3 Å². The molecule has 0 unspecified atom stereocenters. The molecule has 0 radical (unpaired) electrons. The number of amides is 1. The number of carbonyl (C=O) groups excluding carboxylic acids is 1. The number of nitrogens with one attached hydrogen (secondary N) is 1. The van der Waals surface area contributed by atoms with E-state index in [0.29, 0.717) is 28.2 Å². The van der Waals surface area contributed by atoms with E-state index in [1.165, 1.54) is 11.8 Å². The minimum absolute atomic E-state index is 0.139. The van der Waals surface area contributed by atoms with Crippen LogP contribution in [0.3, 0.4) is 0 Å². The number of methoxy groups -OCH3 is 2. The Kier molecular flexibility index (Phi) is 5.97. The molecule has 0 aliphatic heterocycles. The summed E-state index contributed by atoms with van der Waals surface area (Å²) in [6, 6.07) is 12.9. The van der Waals surface area contributed by atoms with Crippen molar-refractivity contribution in [3.8, 4) is 23.0 Å². The quantitative estimate of drug-likeness (QED) is 0.619. The van der Waals surface area contributed by atoms with E-state index in [0.717, 1.165) is 11.3 Å². The zero-order valence-corrected chi connectivity index (χ0v) is 16.0. The first kappa shape index (κ1) is 18.8. The first-order valence-electron chi connectivity index (χ1n) is 8.15. The van der Waals surface area contributed by atoms with Gasteiger partial charge < -0.3 is 19.2 Å². The van der Waals surface area contributed by atoms with Gasteiger partial charge in [0.25, 0.3) is 5.22 Å². The average Bonchev–Trinajstić information content (AvgIpc) is 3.16. The Morgan fingerprint density at radius 2 is 1.89 bits per heavy atom. The first-order chi connectivity index (χ1) is 13.1. The summed E-state index contributed by atoms with van der Waals surface area (Å²) in [7, 11) is 3.13. The van der Waals surface area contributed by atoms with Crippen LogP contribution in [-0.2, 0) is 4.79 Å². The van der Waals surface area contributed by atoms with Gasteiger partial charge >= 0.3 is 0 Å². The van der Waals surface area contributed by atoms with Crippen molar-refractivity contribution in [1.29, 1.82) is 0 Å². The Labute approximate surface area is 161 Å². The van der Waals surface area contributed by atoms with E-state index in [2.05, 4.69) is 15.5 Å². The largest absolute Gasteiger partial charge is 0.493 e. The first-order valence-corrected chi connectivity index (χ1v) is 9.13. The number of rotatable bonds is 7. The van der Waals surface area contributed by atoms with E-state index >= 15 is 0 Å². The maximum Gasteiger partial charge on any atom is 0.277 e. The number of hydrogen-bond acceptors (Lipinski definition) is 7. The zero-order chi connectivity index (χ0) is 19.2. The van der Waals surface area contributed by atoms with Gasteiger partial charge in [-0.1, -0.05) is 30.0 Å². The highest BCUT2D eigenvalue weighted by Gasteiger charge is 2.14. The zero-order valence-electron chi connectivity index (χ0n) is 15.2. The van der Waals surface area contributed by atoms with E-state index in [1.807, 2.05) is 31.2 Å². The van der Waals surface area contributed by atoms with Crippen LogP contribution in [0.5, 0.6) is 11.5 Å². The van der Waals surface area contributed by atoms with Gasteiger partial charge in [-0.25, -0.2) is 0 Å². The molecule has 0 atom stereocenters. The van der Waals surface area contributed by atoms with Gasteiger partial charge in [0.1, 0.15) is 0 Å². The second kappa shape index (κ2) is 8.59. The minimum Gasteiger partial charge on any atom is -0.493 e. The molecule has 0 aliphatic rings. The fourth-order valence-electron chi connectivity index (χ4n) is 2.38. The Hall–Kier alpha value is -3.00. The van der Waals surface area contributed by atoms with E-state index < -0.39 is 0 Å². The number of aromatic nitrogens is 2. The van der Waals surface area contributed by atoms with Crippen molar-refractivity contribution >= 4 is 23.4 Å². The fraction of sp³-hybridized carbons (Fsp3) is 0.211. The van der Waals surface area contributed by atoms with Crippen LogP contribution in [0, 0.1) is 6.92 Å². The smallest absolute Gasteiger partial charge is 0.277 e. The van der Waals surface area contributed by atoms with Gasteiger partial charge in [0.2, 0.25) is 11.8 Å². The van der Waals surface area contributed by atoms with E-state index in [1.54, 1.807) is 32.4 Å². The van der Waals surface area contributed by atoms with Gasteiger partial charge in [-0.05, 0) is 36.8 Å². The monoisotopic (exact) mass is 385 g/mol. The molecular formula is C19H19N3O4S. The van der Waals surface area contributed by atoms with Crippen LogP contribution < -0.4 is 14.8 Å². The minimum atomic E-state index is -0.139. The molecule has 27 heavy (non-hydrogen) atoms. The van der Waals surface area contributed by atoms with Gasteiger partial charge in [-0.3, -0.25) is 4.79 Å². The second-order valence-corrected chi connectivity index (χ2v) is 6.52. The predicted molar refractivity (Wildman–Crippen MR) is 103 cm³/mol. The summed E-state index contributed by atoms with van der Waals surface area (Å²) in [6.45, 7) is 1.94. The van der Waals surface area contributed by atoms with E-state index in [9.17, 15) is 4.79 Å². The third-order valence-electron chi connectivity index (χ3n) is 3.78. The Bertz CT molecular complexity index is 942. The number of hydrogen-bond donors (Lipinski definition) is 1. The van der Waals surface area contributed by atoms with Crippen molar-refractivity contribution < 1.29 is 18.7 Å². The topological polar surface area (TPSA) is 86.5 Å². The van der Waals surface area contributed by atoms with Gasteiger partial charge in [0.15, 0.2) is 11.5 Å². The van der Waals surface area contributed by atoms with Crippen molar-refractivity contribution in [3.63, 3.8) is 0 Å². The number of thioether (sulfide) groups is 1. The molecule has 3 rings (SSSR count). The number of anilines is 1. The number of para-hydroxylation sites is 1. The SMILES string of the molecule is COc1ccc(-c2nnc(SCC(=O)Nc3ccccc3C)o2)cc1OC. The maximum absolute atomic E-state index is 12.1. The van der Waals surface area contributed by atoms with Crippen molar-refractivity contribution in [1.82, 2.24) is 10.2 Å². The van der Waals surface area contributed by atoms with Crippen LogP contribution in [0.4, 0.5) is 5.69 Å². The molecule has 140 valence electrons. The van der Waals surface area contributed by atoms with Crippen LogP contribution >= 0.6 is 11.8 Å². The lowest BCUT2D eigenvalue weighted by Gasteiger charge is -2.07. The second-order valence-electron chi connectivity index (χ2n) is 5.59. The molecule has 1 aromatic heterocycles. The number of benzene rings is 2. The number of carbonyl (C=O) groups is 1. The molecule has 0 aliphatic carbocycles. The lowest BCUT2D eigenvalue weighted by molar-refractivity contribution is -0.113. The molecule has 3 aromatic rings. The summed E-state index contributed by atoms with van der Waals surface area (Å²) in [6.07, 6.45) is 0. The Morgan fingerprint density at radius 3 is 2.63 bits per heavy atom. The molecule has 1 heterocycles. The van der Waals surface area contributed by atoms with E-state index in [4.69, 9.17) is 13.9 Å². The van der Waals surface area contributed by atoms with Crippen LogP contribution in [0.25, 0.3) is 11.5 Å². The number of ether oxygens (including phenoxy) is 2. The fourth-order valence-corrected chi connectivity index (χ4v) is 2.94. The summed E-state index contributed by atoms with van der Waals surface area (Å²) < 4.78 is 16.1. The Balaban J connectivity index is 1.63. The van der Waals surface area contributed by atoms with Crippen LogP contribution in [-0.4, -0.2) is 36.1 Å². The van der Waals surface area contributed by atoms with Crippen molar-refractivity contribution in [2.45, 2.75) is 12.1 Å². The maximum atomic E-state index is 12.1. The summed E-state index contributed by atoms with van der Waals surface area (Å²) in [5.74, 6) is 1.56. The molecular weight excluding hydrogens is 366 g/mol. The number of aryl methyl sites for hydroxylation is 1. The standard InChI is InChI=1S/C19H19N3O4S/c1-12-6-4-5-7-14(12)20-17(23)11-27-19-22-21-18(26-19)13-8-9-15(24-2)16(10-13)25-3/h4-10H,11H2,1-3H3,(H,20,23). The van der Waals surface area contributed by atoms with Crippen molar-refractivity contribution in [2.24, 2.45) is 0 Å². The molecule has 1 N–H and O–H groups in total. The van der Waals surface area contributed by atoms with Gasteiger partial charge in [0.05, 0.1) is 20.0 Å². The third-order valence-corrected chi connectivity index (χ3v) is 4.60. The highest BCUT2D eigenvalue weighted by Crippen LogP contribution is 2.32. The molecule has 0 spiro atoms. The molecule has 0 saturated heterocycles. The third kappa shape index (κ3) is 4.59. The van der Waals surface area contributed by atoms with Crippen LogP contribution in [0.2, 0.25) is 0 Å². The van der Waals surface area contributed by atoms with Crippen LogP contribution in [0.15, 0.2) is 52.1 Å². The van der Waals surface area contributed by atoms with Crippen molar-refractivity contribution in [2.75, 3.05) is 25.3 Å². The van der Waals surface area contributed by atoms with E-state index in [-0.39, 0.29) is 11.7 Å². The molecule has 0 saturated carbocycles. The predicted octanol–water partition coefficient (Wildman–Crippen LogP) is 3.79. The average molecular weight is 385 g/mol. The highest BCUT2D eigenvalue weighted by atomic mass is 32.2. The molecule has 1 amide bonds. The molecule has 0 fully saturated rings. The summed E-state index contributed by atoms with van der Waals surface area (Å²) in [5.41, 5.74) is 2.50. The summed E-state index contributed by atoms with van der Waals surface area (Å²) in [4.78, 5) is 12.1. The van der Waals surface area contributed by atoms with Gasteiger partial charge in [-0.15, -0.1) is 10.2 Å². The molecule has 7 nitrogen and oxygen atoms in total. The summed E-state index contributed by atoms with van der Waals surface area (Å²) in [5, 5.41) is 11.2. The van der Waals surface area contributed by atoms with Crippen molar-refractivity contribution in [3.05, 3.63) is 48.0 Å². The summed E-state index contributed by atoms with van der Waals surface area (Å²) >= 11 is 1.18. The van der Waals surface area contributed by atoms with Gasteiger partial charge in [-0.2, -0.15) is 0 Å². The van der Waals surface area contributed by atoms with Crippen LogP contribution in [0.1, 0.15) is 5.56 Å². The molecule has 2 aromatic carbocycles. The normalized spacial score (nSPS) is 10.5. The lowest BCUT2D eigenvalue weighted by Crippen LogP contribution is -2.14. The molecule has 0 bridgehead atoms. The number of nitrogens with zero attached hydrogens (tertiary/aromatic N) is 2. The highest BCUT2D eigenvalue weighted by molar-refractivity contribution is 7.99. The lowest BCUT2D eigenvalue weighted by atomic mass is 10.2.